The lowest BCUT2D eigenvalue weighted by atomic mass is 9.78. The summed E-state index contributed by atoms with van der Waals surface area (Å²) in [6, 6.07) is 0. The van der Waals surface area contributed by atoms with Crippen LogP contribution in [-0.4, -0.2) is 4.83 Å². The van der Waals surface area contributed by atoms with Gasteiger partial charge in [0.05, 0.1) is 0 Å². The average Bonchev–Trinajstić information content (AvgIpc) is 2.26. The molecule has 1 aliphatic rings. The summed E-state index contributed by atoms with van der Waals surface area (Å²) in [5, 5.41) is 0. The van der Waals surface area contributed by atoms with Gasteiger partial charge in [0.25, 0.3) is 0 Å². The number of halogens is 1. The summed E-state index contributed by atoms with van der Waals surface area (Å²) >= 11 is 3.88. The van der Waals surface area contributed by atoms with Crippen molar-refractivity contribution in [1.29, 1.82) is 0 Å². The van der Waals surface area contributed by atoms with Crippen LogP contribution in [0, 0.1) is 11.8 Å². The van der Waals surface area contributed by atoms with Crippen molar-refractivity contribution in [1.82, 2.24) is 0 Å². The van der Waals surface area contributed by atoms with E-state index in [4.69, 9.17) is 0 Å². The monoisotopic (exact) mass is 274 g/mol. The van der Waals surface area contributed by atoms with Crippen LogP contribution in [0.4, 0.5) is 0 Å². The Morgan fingerprint density at radius 3 is 2.53 bits per heavy atom. The molecular formula is C14H27Br. The molecule has 0 aromatic rings. The molecule has 1 saturated carbocycles. The maximum Gasteiger partial charge on any atom is 0.0174 e. The van der Waals surface area contributed by atoms with Crippen molar-refractivity contribution in [3.63, 3.8) is 0 Å². The van der Waals surface area contributed by atoms with Crippen LogP contribution in [0.5, 0.6) is 0 Å². The van der Waals surface area contributed by atoms with E-state index in [1.807, 2.05) is 0 Å². The molecule has 0 aliphatic heterocycles. The lowest BCUT2D eigenvalue weighted by Gasteiger charge is -2.33. The van der Waals surface area contributed by atoms with Gasteiger partial charge in [-0.25, -0.2) is 0 Å². The van der Waals surface area contributed by atoms with Gasteiger partial charge in [0.2, 0.25) is 0 Å². The molecule has 3 unspecified atom stereocenters. The predicted molar refractivity (Wildman–Crippen MR) is 72.6 cm³/mol. The molecule has 1 fully saturated rings. The van der Waals surface area contributed by atoms with E-state index >= 15 is 0 Å². The van der Waals surface area contributed by atoms with Crippen LogP contribution < -0.4 is 0 Å². The van der Waals surface area contributed by atoms with Crippen LogP contribution in [-0.2, 0) is 0 Å². The number of alkyl halides is 1. The first-order chi connectivity index (χ1) is 7.27. The predicted octanol–water partition coefficient (Wildman–Crippen LogP) is 5.55. The molecule has 1 heteroatoms. The first-order valence-corrected chi connectivity index (χ1v) is 7.83. The minimum atomic E-state index is 0.821. The van der Waals surface area contributed by atoms with Crippen LogP contribution in [0.25, 0.3) is 0 Å². The molecule has 1 aliphatic carbocycles. The van der Waals surface area contributed by atoms with Gasteiger partial charge in [0, 0.05) is 4.83 Å². The van der Waals surface area contributed by atoms with Gasteiger partial charge < -0.3 is 0 Å². The average molecular weight is 275 g/mol. The van der Waals surface area contributed by atoms with Crippen molar-refractivity contribution in [2.24, 2.45) is 11.8 Å². The number of hydrogen-bond acceptors (Lipinski definition) is 0. The second-order valence-electron chi connectivity index (χ2n) is 5.21. The van der Waals surface area contributed by atoms with Gasteiger partial charge in [0.1, 0.15) is 0 Å². The summed E-state index contributed by atoms with van der Waals surface area (Å²) in [5.74, 6) is 2.00. The Balaban J connectivity index is 2.19. The highest BCUT2D eigenvalue weighted by Gasteiger charge is 2.27. The molecule has 90 valence electrons. The van der Waals surface area contributed by atoms with Gasteiger partial charge in [-0.2, -0.15) is 0 Å². The van der Waals surface area contributed by atoms with Crippen molar-refractivity contribution in [3.8, 4) is 0 Å². The third kappa shape index (κ3) is 4.89. The Morgan fingerprint density at radius 2 is 1.87 bits per heavy atom. The molecule has 3 atom stereocenters. The minimum Gasteiger partial charge on any atom is -0.0888 e. The molecule has 0 heterocycles. The van der Waals surface area contributed by atoms with Crippen molar-refractivity contribution < 1.29 is 0 Å². The Labute approximate surface area is 104 Å². The van der Waals surface area contributed by atoms with Gasteiger partial charge in [-0.15, -0.1) is 0 Å². The molecule has 0 aromatic carbocycles. The van der Waals surface area contributed by atoms with Crippen LogP contribution >= 0.6 is 15.9 Å². The summed E-state index contributed by atoms with van der Waals surface area (Å²) in [6.45, 7) is 4.65. The van der Waals surface area contributed by atoms with E-state index in [9.17, 15) is 0 Å². The summed E-state index contributed by atoms with van der Waals surface area (Å²) in [6.07, 6.45) is 12.9. The lowest BCUT2D eigenvalue weighted by Crippen LogP contribution is -2.24. The molecule has 0 bridgehead atoms. The highest BCUT2D eigenvalue weighted by atomic mass is 79.9. The zero-order chi connectivity index (χ0) is 11.1. The van der Waals surface area contributed by atoms with E-state index in [1.54, 1.807) is 0 Å². The second kappa shape index (κ2) is 7.70. The van der Waals surface area contributed by atoms with Crippen LogP contribution in [0.3, 0.4) is 0 Å². The number of unbranched alkanes of at least 4 members (excludes halogenated alkanes) is 3. The van der Waals surface area contributed by atoms with Crippen molar-refractivity contribution >= 4 is 15.9 Å². The van der Waals surface area contributed by atoms with E-state index in [0.29, 0.717) is 0 Å². The third-order valence-corrected chi connectivity index (χ3v) is 5.21. The third-order valence-electron chi connectivity index (χ3n) is 4.00. The Kier molecular flexibility index (Phi) is 6.96. The van der Waals surface area contributed by atoms with E-state index < -0.39 is 0 Å². The van der Waals surface area contributed by atoms with Crippen LogP contribution in [0.15, 0.2) is 0 Å². The SMILES string of the molecule is CCCCCCC1CC(CC)CCC1Br. The van der Waals surface area contributed by atoms with Gasteiger partial charge in [0.15, 0.2) is 0 Å². The summed E-state index contributed by atoms with van der Waals surface area (Å²) in [7, 11) is 0. The molecule has 0 radical (unpaired) electrons. The highest BCUT2D eigenvalue weighted by Crippen LogP contribution is 2.37. The van der Waals surface area contributed by atoms with Crippen molar-refractivity contribution in [2.45, 2.75) is 76.5 Å². The quantitative estimate of drug-likeness (QED) is 0.440. The fourth-order valence-electron chi connectivity index (χ4n) is 2.83. The Bertz CT molecular complexity index is 155. The maximum atomic E-state index is 3.88. The topological polar surface area (TPSA) is 0 Å². The summed E-state index contributed by atoms with van der Waals surface area (Å²) < 4.78 is 0. The molecule has 0 N–H and O–H groups in total. The summed E-state index contributed by atoms with van der Waals surface area (Å²) in [4.78, 5) is 0.821. The van der Waals surface area contributed by atoms with Gasteiger partial charge in [-0.3, -0.25) is 0 Å². The molecule has 0 amide bonds. The lowest BCUT2D eigenvalue weighted by molar-refractivity contribution is 0.256. The first-order valence-electron chi connectivity index (χ1n) is 6.92. The second-order valence-corrected chi connectivity index (χ2v) is 6.39. The fraction of sp³-hybridized carbons (Fsp3) is 1.00. The Morgan fingerprint density at radius 1 is 1.07 bits per heavy atom. The zero-order valence-corrected chi connectivity index (χ0v) is 12.1. The highest BCUT2D eigenvalue weighted by molar-refractivity contribution is 9.09. The van der Waals surface area contributed by atoms with Crippen LogP contribution in [0.1, 0.15) is 71.6 Å². The van der Waals surface area contributed by atoms with Gasteiger partial charge in [-0.05, 0) is 37.5 Å². The Hall–Kier alpha value is 0.480. The standard InChI is InChI=1S/C14H27Br/c1-3-5-6-7-8-13-11-12(4-2)9-10-14(13)15/h12-14H,3-11H2,1-2H3. The number of rotatable bonds is 6. The minimum absolute atomic E-state index is 0.821. The van der Waals surface area contributed by atoms with E-state index in [0.717, 1.165) is 16.7 Å². The molecule has 0 saturated heterocycles. The first kappa shape index (κ1) is 13.5. The normalized spacial score (nSPS) is 31.8. The van der Waals surface area contributed by atoms with E-state index in [1.165, 1.54) is 57.8 Å². The maximum absolute atomic E-state index is 3.88. The van der Waals surface area contributed by atoms with Gasteiger partial charge >= 0.3 is 0 Å². The molecule has 0 spiro atoms. The smallest absolute Gasteiger partial charge is 0.0174 e. The van der Waals surface area contributed by atoms with E-state index in [-0.39, 0.29) is 0 Å². The zero-order valence-electron chi connectivity index (χ0n) is 10.5. The molecule has 0 aromatic heterocycles. The number of hydrogen-bond donors (Lipinski definition) is 0. The summed E-state index contributed by atoms with van der Waals surface area (Å²) in [5.41, 5.74) is 0. The largest absolute Gasteiger partial charge is 0.0888 e. The molecule has 0 nitrogen and oxygen atoms in total. The van der Waals surface area contributed by atoms with Crippen molar-refractivity contribution in [2.75, 3.05) is 0 Å². The van der Waals surface area contributed by atoms with Gasteiger partial charge in [-0.1, -0.05) is 61.9 Å². The molecule has 15 heavy (non-hydrogen) atoms. The molecule has 1 rings (SSSR count). The van der Waals surface area contributed by atoms with Crippen molar-refractivity contribution in [3.05, 3.63) is 0 Å². The molecular weight excluding hydrogens is 248 g/mol. The fourth-order valence-corrected chi connectivity index (χ4v) is 3.57. The van der Waals surface area contributed by atoms with Crippen LogP contribution in [0.2, 0.25) is 0 Å². The van der Waals surface area contributed by atoms with E-state index in [2.05, 4.69) is 29.8 Å².